The molecule has 0 N–H and O–H groups in total. The highest BCUT2D eigenvalue weighted by atomic mass is 14.7. The van der Waals surface area contributed by atoms with Gasteiger partial charge in [-0.05, 0) is 49.6 Å². The molecule has 2 aromatic carbocycles. The third kappa shape index (κ3) is 5.27. The largest absolute Gasteiger partial charge is 0.248 e. The molecule has 0 bridgehead atoms. The van der Waals surface area contributed by atoms with Gasteiger partial charge in [0.15, 0.2) is 0 Å². The zero-order valence-electron chi connectivity index (χ0n) is 17.0. The fourth-order valence-electron chi connectivity index (χ4n) is 2.94. The van der Waals surface area contributed by atoms with Crippen LogP contribution in [0.25, 0.3) is 28.0 Å². The lowest BCUT2D eigenvalue weighted by atomic mass is 9.99. The number of hydrogen-bond donors (Lipinski definition) is 0. The Balaban J connectivity index is 0.00000126. The van der Waals surface area contributed by atoms with Crippen LogP contribution in [0.5, 0.6) is 0 Å². The molecular weight excluding hydrogens is 326 g/mol. The van der Waals surface area contributed by atoms with Crippen molar-refractivity contribution in [3.63, 3.8) is 0 Å². The van der Waals surface area contributed by atoms with Gasteiger partial charge >= 0.3 is 0 Å². The summed E-state index contributed by atoms with van der Waals surface area (Å²) in [7, 11) is 0. The molecule has 0 saturated carbocycles. The minimum Gasteiger partial charge on any atom is -0.248 e. The standard InChI is InChI=1S/C24H23N.C2H6/c1-4-10-19(5-2)23-16-22(21-14-9-11-18(3)15-21)17-24(25-23)20-12-7-6-8-13-20;1-2/h4-17H,1-3H3;1-2H3/b10-4-,19-5+;. The summed E-state index contributed by atoms with van der Waals surface area (Å²) >= 11 is 0. The van der Waals surface area contributed by atoms with E-state index < -0.39 is 0 Å². The van der Waals surface area contributed by atoms with Gasteiger partial charge in [0.1, 0.15) is 0 Å². The number of aromatic nitrogens is 1. The summed E-state index contributed by atoms with van der Waals surface area (Å²) in [5.41, 5.74) is 7.94. The second-order valence-corrected chi connectivity index (χ2v) is 6.11. The molecule has 1 aromatic heterocycles. The van der Waals surface area contributed by atoms with Gasteiger partial charge in [-0.1, -0.05) is 92.2 Å². The lowest BCUT2D eigenvalue weighted by Crippen LogP contribution is -1.93. The summed E-state index contributed by atoms with van der Waals surface area (Å²) in [6.45, 7) is 10.2. The molecule has 1 heteroatoms. The summed E-state index contributed by atoms with van der Waals surface area (Å²) in [6, 6.07) is 23.3. The molecule has 1 heterocycles. The maximum absolute atomic E-state index is 4.92. The van der Waals surface area contributed by atoms with Crippen molar-refractivity contribution in [2.75, 3.05) is 0 Å². The second kappa shape index (κ2) is 10.3. The molecule has 0 spiro atoms. The predicted molar refractivity (Wildman–Crippen MR) is 120 cm³/mol. The zero-order chi connectivity index (χ0) is 19.6. The summed E-state index contributed by atoms with van der Waals surface area (Å²) in [5, 5.41) is 0. The van der Waals surface area contributed by atoms with E-state index in [9.17, 15) is 0 Å². The molecule has 0 aliphatic carbocycles. The molecule has 27 heavy (non-hydrogen) atoms. The molecular formula is C26H29N. The topological polar surface area (TPSA) is 12.9 Å². The van der Waals surface area contributed by atoms with Crippen LogP contribution in [0.1, 0.15) is 39.0 Å². The fourth-order valence-corrected chi connectivity index (χ4v) is 2.94. The van der Waals surface area contributed by atoms with Gasteiger partial charge in [-0.2, -0.15) is 0 Å². The van der Waals surface area contributed by atoms with E-state index in [-0.39, 0.29) is 0 Å². The van der Waals surface area contributed by atoms with Gasteiger partial charge in [0.25, 0.3) is 0 Å². The van der Waals surface area contributed by atoms with E-state index in [2.05, 4.69) is 92.7 Å². The highest BCUT2D eigenvalue weighted by Crippen LogP contribution is 2.29. The second-order valence-electron chi connectivity index (χ2n) is 6.11. The Hall–Kier alpha value is -2.93. The maximum Gasteiger partial charge on any atom is 0.0715 e. The molecule has 138 valence electrons. The molecule has 0 aliphatic rings. The molecule has 0 fully saturated rings. The molecule has 0 saturated heterocycles. The third-order valence-electron chi connectivity index (χ3n) is 4.20. The normalized spacial score (nSPS) is 11.2. The Labute approximate surface area is 164 Å². The first-order valence-corrected chi connectivity index (χ1v) is 9.65. The van der Waals surface area contributed by atoms with Crippen LogP contribution in [-0.2, 0) is 0 Å². The number of benzene rings is 2. The highest BCUT2D eigenvalue weighted by molar-refractivity contribution is 5.79. The van der Waals surface area contributed by atoms with Crippen molar-refractivity contribution in [1.82, 2.24) is 4.98 Å². The van der Waals surface area contributed by atoms with E-state index in [0.29, 0.717) is 0 Å². The van der Waals surface area contributed by atoms with E-state index in [4.69, 9.17) is 4.98 Å². The lowest BCUT2D eigenvalue weighted by Gasteiger charge is -2.11. The monoisotopic (exact) mass is 355 g/mol. The maximum atomic E-state index is 4.92. The number of aryl methyl sites for hydroxylation is 1. The van der Waals surface area contributed by atoms with Crippen molar-refractivity contribution in [3.05, 3.63) is 96.2 Å². The highest BCUT2D eigenvalue weighted by Gasteiger charge is 2.09. The summed E-state index contributed by atoms with van der Waals surface area (Å²) in [6.07, 6.45) is 6.27. The average Bonchev–Trinajstić information content (AvgIpc) is 2.74. The van der Waals surface area contributed by atoms with Gasteiger partial charge in [0.2, 0.25) is 0 Å². The SMILES string of the molecule is C/C=C\C(=C/C)c1cc(-c2cccc(C)c2)cc(-c2ccccc2)n1.CC. The van der Waals surface area contributed by atoms with Crippen molar-refractivity contribution >= 4 is 5.57 Å². The number of pyridine rings is 1. The van der Waals surface area contributed by atoms with E-state index >= 15 is 0 Å². The number of rotatable bonds is 4. The Morgan fingerprint density at radius 2 is 1.48 bits per heavy atom. The summed E-state index contributed by atoms with van der Waals surface area (Å²) in [5.74, 6) is 0. The van der Waals surface area contributed by atoms with Crippen LogP contribution < -0.4 is 0 Å². The first kappa shape index (κ1) is 20.4. The van der Waals surface area contributed by atoms with Crippen LogP contribution in [-0.4, -0.2) is 4.98 Å². The number of hydrogen-bond acceptors (Lipinski definition) is 1. The molecule has 1 nitrogen and oxygen atoms in total. The zero-order valence-corrected chi connectivity index (χ0v) is 17.0. The quantitative estimate of drug-likeness (QED) is 0.436. The van der Waals surface area contributed by atoms with Crippen LogP contribution in [0.4, 0.5) is 0 Å². The number of allylic oxidation sites excluding steroid dienone is 4. The molecule has 0 atom stereocenters. The van der Waals surface area contributed by atoms with Crippen LogP contribution in [0.2, 0.25) is 0 Å². The van der Waals surface area contributed by atoms with Crippen LogP contribution in [0, 0.1) is 6.92 Å². The van der Waals surface area contributed by atoms with Crippen LogP contribution >= 0.6 is 0 Å². The summed E-state index contributed by atoms with van der Waals surface area (Å²) < 4.78 is 0. The molecule has 0 amide bonds. The van der Waals surface area contributed by atoms with Crippen molar-refractivity contribution in [2.24, 2.45) is 0 Å². The van der Waals surface area contributed by atoms with Gasteiger partial charge in [-0.15, -0.1) is 0 Å². The molecule has 3 aromatic rings. The Morgan fingerprint density at radius 1 is 0.778 bits per heavy atom. The Kier molecular flexibility index (Phi) is 7.76. The fraction of sp³-hybridized carbons (Fsp3) is 0.192. The van der Waals surface area contributed by atoms with Gasteiger partial charge in [0, 0.05) is 5.56 Å². The van der Waals surface area contributed by atoms with Gasteiger partial charge < -0.3 is 0 Å². The lowest BCUT2D eigenvalue weighted by molar-refractivity contribution is 1.28. The molecule has 0 aliphatic heterocycles. The minimum atomic E-state index is 0.999. The first-order chi connectivity index (χ1) is 13.2. The van der Waals surface area contributed by atoms with Gasteiger partial charge in [-0.25, -0.2) is 4.98 Å². The van der Waals surface area contributed by atoms with Crippen molar-refractivity contribution in [3.8, 4) is 22.4 Å². The third-order valence-corrected chi connectivity index (χ3v) is 4.20. The van der Waals surface area contributed by atoms with E-state index in [1.807, 2.05) is 26.8 Å². The molecule has 3 rings (SSSR count). The van der Waals surface area contributed by atoms with Crippen molar-refractivity contribution in [1.29, 1.82) is 0 Å². The average molecular weight is 356 g/mol. The Bertz CT molecular complexity index is 918. The van der Waals surface area contributed by atoms with Gasteiger partial charge in [0.05, 0.1) is 11.4 Å². The first-order valence-electron chi connectivity index (χ1n) is 9.65. The van der Waals surface area contributed by atoms with Crippen LogP contribution in [0.3, 0.4) is 0 Å². The van der Waals surface area contributed by atoms with E-state index in [1.54, 1.807) is 0 Å². The molecule has 0 unspecified atom stereocenters. The predicted octanol–water partition coefficient (Wildman–Crippen LogP) is 7.73. The minimum absolute atomic E-state index is 0.999. The van der Waals surface area contributed by atoms with E-state index in [0.717, 1.165) is 22.5 Å². The number of nitrogens with zero attached hydrogens (tertiary/aromatic N) is 1. The van der Waals surface area contributed by atoms with Crippen molar-refractivity contribution < 1.29 is 0 Å². The molecule has 0 radical (unpaired) electrons. The van der Waals surface area contributed by atoms with Crippen LogP contribution in [0.15, 0.2) is 85.0 Å². The Morgan fingerprint density at radius 3 is 2.11 bits per heavy atom. The summed E-state index contributed by atoms with van der Waals surface area (Å²) in [4.78, 5) is 4.92. The smallest absolute Gasteiger partial charge is 0.0715 e. The van der Waals surface area contributed by atoms with E-state index in [1.165, 1.54) is 16.7 Å². The van der Waals surface area contributed by atoms with Gasteiger partial charge in [-0.3, -0.25) is 0 Å². The van der Waals surface area contributed by atoms with Crippen molar-refractivity contribution in [2.45, 2.75) is 34.6 Å².